The predicted molar refractivity (Wildman–Crippen MR) is 87.5 cm³/mol. The van der Waals surface area contributed by atoms with Gasteiger partial charge in [-0.1, -0.05) is 25.4 Å². The van der Waals surface area contributed by atoms with Gasteiger partial charge in [0.25, 0.3) is 0 Å². The third-order valence-corrected chi connectivity index (χ3v) is 4.53. The van der Waals surface area contributed by atoms with E-state index < -0.39 is 0 Å². The minimum atomic E-state index is 0.215. The van der Waals surface area contributed by atoms with Crippen molar-refractivity contribution in [1.29, 1.82) is 0 Å². The Labute approximate surface area is 134 Å². The molecule has 2 N–H and O–H groups in total. The average Bonchev–Trinajstić information content (AvgIpc) is 2.41. The molecule has 3 nitrogen and oxygen atoms in total. The highest BCUT2D eigenvalue weighted by atomic mass is 79.9. The molecule has 0 spiro atoms. The maximum atomic E-state index is 10.4. The number of hydrogen-bond acceptors (Lipinski definition) is 3. The minimum absolute atomic E-state index is 0.215. The van der Waals surface area contributed by atoms with Gasteiger partial charge in [-0.3, -0.25) is 4.90 Å². The van der Waals surface area contributed by atoms with E-state index in [0.29, 0.717) is 21.2 Å². The second kappa shape index (κ2) is 7.12. The summed E-state index contributed by atoms with van der Waals surface area (Å²) in [5.74, 6) is 0.880. The lowest BCUT2D eigenvalue weighted by atomic mass is 9.94. The Balaban J connectivity index is 2.34. The fourth-order valence-electron chi connectivity index (χ4n) is 2.75. The largest absolute Gasteiger partial charge is 0.506 e. The van der Waals surface area contributed by atoms with Gasteiger partial charge in [-0.15, -0.1) is 0 Å². The number of rotatable bonds is 4. The molecule has 0 saturated carbocycles. The van der Waals surface area contributed by atoms with Crippen molar-refractivity contribution >= 4 is 27.5 Å². The van der Waals surface area contributed by atoms with Gasteiger partial charge in [0.2, 0.25) is 0 Å². The molecule has 1 aliphatic rings. The molecular formula is C15H22BrClN2O. The van der Waals surface area contributed by atoms with E-state index in [-0.39, 0.29) is 6.04 Å². The minimum Gasteiger partial charge on any atom is -0.506 e. The van der Waals surface area contributed by atoms with E-state index in [1.165, 1.54) is 0 Å². The highest BCUT2D eigenvalue weighted by molar-refractivity contribution is 9.10. The molecule has 20 heavy (non-hydrogen) atoms. The summed E-state index contributed by atoms with van der Waals surface area (Å²) >= 11 is 9.56. The zero-order valence-electron chi connectivity index (χ0n) is 12.0. The van der Waals surface area contributed by atoms with Gasteiger partial charge in [0.15, 0.2) is 0 Å². The van der Waals surface area contributed by atoms with E-state index in [4.69, 9.17) is 11.6 Å². The number of nitrogens with one attached hydrogen (secondary N) is 1. The van der Waals surface area contributed by atoms with Crippen molar-refractivity contribution in [3.63, 3.8) is 0 Å². The number of benzene rings is 1. The molecule has 5 heteroatoms. The van der Waals surface area contributed by atoms with Crippen molar-refractivity contribution in [2.75, 3.05) is 26.2 Å². The van der Waals surface area contributed by atoms with Gasteiger partial charge in [0, 0.05) is 42.8 Å². The van der Waals surface area contributed by atoms with Crippen molar-refractivity contribution in [2.45, 2.75) is 26.3 Å². The second-order valence-corrected chi connectivity index (χ2v) is 7.05. The SMILES string of the molecule is CC(C)C[C@H](c1cc(Cl)cc(Br)c1O)N1CCNCC1. The van der Waals surface area contributed by atoms with Crippen LogP contribution in [0, 0.1) is 5.92 Å². The molecule has 1 heterocycles. The monoisotopic (exact) mass is 360 g/mol. The maximum Gasteiger partial charge on any atom is 0.134 e. The van der Waals surface area contributed by atoms with Gasteiger partial charge in [0.05, 0.1) is 4.47 Å². The first-order valence-electron chi connectivity index (χ1n) is 7.11. The summed E-state index contributed by atoms with van der Waals surface area (Å²) in [6, 6.07) is 3.86. The molecule has 0 radical (unpaired) electrons. The lowest BCUT2D eigenvalue weighted by Crippen LogP contribution is -2.45. The van der Waals surface area contributed by atoms with Crippen LogP contribution in [-0.4, -0.2) is 36.2 Å². The van der Waals surface area contributed by atoms with Gasteiger partial charge >= 0.3 is 0 Å². The number of halogens is 2. The Morgan fingerprint density at radius 3 is 2.60 bits per heavy atom. The van der Waals surface area contributed by atoms with Crippen LogP contribution >= 0.6 is 27.5 Å². The molecule has 1 atom stereocenters. The lowest BCUT2D eigenvalue weighted by Gasteiger charge is -2.36. The fourth-order valence-corrected chi connectivity index (χ4v) is 3.59. The zero-order valence-corrected chi connectivity index (χ0v) is 14.3. The summed E-state index contributed by atoms with van der Waals surface area (Å²) in [6.45, 7) is 8.42. The van der Waals surface area contributed by atoms with Crippen LogP contribution in [0.25, 0.3) is 0 Å². The second-order valence-electron chi connectivity index (χ2n) is 5.76. The Morgan fingerprint density at radius 1 is 1.35 bits per heavy atom. The first kappa shape index (κ1) is 16.1. The number of nitrogens with zero attached hydrogens (tertiary/aromatic N) is 1. The third-order valence-electron chi connectivity index (χ3n) is 3.70. The van der Waals surface area contributed by atoms with Crippen molar-refractivity contribution < 1.29 is 5.11 Å². The highest BCUT2D eigenvalue weighted by Gasteiger charge is 2.26. The third kappa shape index (κ3) is 3.88. The van der Waals surface area contributed by atoms with Gasteiger partial charge < -0.3 is 10.4 Å². The summed E-state index contributed by atoms with van der Waals surface area (Å²) < 4.78 is 0.670. The Hall–Kier alpha value is -0.290. The highest BCUT2D eigenvalue weighted by Crippen LogP contribution is 2.39. The lowest BCUT2D eigenvalue weighted by molar-refractivity contribution is 0.151. The molecule has 1 saturated heterocycles. The molecule has 0 bridgehead atoms. The van der Waals surface area contributed by atoms with Crippen LogP contribution in [-0.2, 0) is 0 Å². The average molecular weight is 362 g/mol. The maximum absolute atomic E-state index is 10.4. The van der Waals surface area contributed by atoms with Crippen molar-refractivity contribution in [3.05, 3.63) is 27.2 Å². The Morgan fingerprint density at radius 2 is 2.00 bits per heavy atom. The molecule has 0 aromatic heterocycles. The normalized spacial score (nSPS) is 18.4. The molecule has 2 rings (SSSR count). The predicted octanol–water partition coefficient (Wildman–Crippen LogP) is 3.80. The van der Waals surface area contributed by atoms with E-state index in [9.17, 15) is 5.11 Å². The van der Waals surface area contributed by atoms with Gasteiger partial charge in [-0.05, 0) is 40.4 Å². The molecule has 1 aromatic rings. The molecule has 1 aromatic carbocycles. The summed E-state index contributed by atoms with van der Waals surface area (Å²) in [4.78, 5) is 2.44. The molecular weight excluding hydrogens is 340 g/mol. The summed E-state index contributed by atoms with van der Waals surface area (Å²) in [5.41, 5.74) is 0.931. The molecule has 1 aliphatic heterocycles. The van der Waals surface area contributed by atoms with Gasteiger partial charge in [0.1, 0.15) is 5.75 Å². The number of piperazine rings is 1. The van der Waals surface area contributed by atoms with Crippen LogP contribution < -0.4 is 5.32 Å². The van der Waals surface area contributed by atoms with Gasteiger partial charge in [-0.25, -0.2) is 0 Å². The standard InChI is InChI=1S/C15H22BrClN2O/c1-10(2)7-14(19-5-3-18-4-6-19)12-8-11(17)9-13(16)15(12)20/h8-10,14,18,20H,3-7H2,1-2H3/t14-/m1/s1. The molecule has 0 aliphatic carbocycles. The van der Waals surface area contributed by atoms with Crippen LogP contribution in [0.15, 0.2) is 16.6 Å². The first-order chi connectivity index (χ1) is 9.49. The summed E-state index contributed by atoms with van der Waals surface area (Å²) in [7, 11) is 0. The van der Waals surface area contributed by atoms with Crippen LogP contribution in [0.2, 0.25) is 5.02 Å². The van der Waals surface area contributed by atoms with Crippen LogP contribution in [0.5, 0.6) is 5.75 Å². The molecule has 0 amide bonds. The topological polar surface area (TPSA) is 35.5 Å². The van der Waals surface area contributed by atoms with E-state index in [0.717, 1.165) is 38.2 Å². The quantitative estimate of drug-likeness (QED) is 0.856. The fraction of sp³-hybridized carbons (Fsp3) is 0.600. The van der Waals surface area contributed by atoms with Crippen molar-refractivity contribution in [2.24, 2.45) is 5.92 Å². The number of phenolic OH excluding ortho intramolecular Hbond substituents is 1. The van der Waals surface area contributed by atoms with Crippen molar-refractivity contribution in [1.82, 2.24) is 10.2 Å². The zero-order chi connectivity index (χ0) is 14.7. The smallest absolute Gasteiger partial charge is 0.134 e. The van der Waals surface area contributed by atoms with Crippen LogP contribution in [0.1, 0.15) is 31.9 Å². The Bertz CT molecular complexity index is 461. The van der Waals surface area contributed by atoms with Crippen molar-refractivity contribution in [3.8, 4) is 5.75 Å². The van der Waals surface area contributed by atoms with Gasteiger partial charge in [-0.2, -0.15) is 0 Å². The molecule has 0 unspecified atom stereocenters. The molecule has 1 fully saturated rings. The molecule has 112 valence electrons. The number of aromatic hydroxyl groups is 1. The van der Waals surface area contributed by atoms with Crippen LogP contribution in [0.3, 0.4) is 0 Å². The summed E-state index contributed by atoms with van der Waals surface area (Å²) in [5, 5.41) is 14.4. The van der Waals surface area contributed by atoms with Crippen LogP contribution in [0.4, 0.5) is 0 Å². The summed E-state index contributed by atoms with van der Waals surface area (Å²) in [6.07, 6.45) is 1.01. The number of hydrogen-bond donors (Lipinski definition) is 2. The number of phenols is 1. The van der Waals surface area contributed by atoms with E-state index >= 15 is 0 Å². The van der Waals surface area contributed by atoms with E-state index in [1.807, 2.05) is 6.07 Å². The first-order valence-corrected chi connectivity index (χ1v) is 8.28. The Kier molecular flexibility index (Phi) is 5.73. The van der Waals surface area contributed by atoms with E-state index in [1.54, 1.807) is 6.07 Å². The van der Waals surface area contributed by atoms with E-state index in [2.05, 4.69) is 40.0 Å².